The number of anilines is 2. The molecular weight excluding hydrogens is 756 g/mol. The van der Waals surface area contributed by atoms with E-state index in [1.54, 1.807) is 24.3 Å². The molecular formula is C34H34ClN4O8S4+. The van der Waals surface area contributed by atoms with Gasteiger partial charge in [-0.2, -0.15) is 17.7 Å². The zero-order chi connectivity index (χ0) is 36.5. The van der Waals surface area contributed by atoms with E-state index >= 15 is 0 Å². The van der Waals surface area contributed by atoms with Crippen LogP contribution < -0.4 is 19.1 Å². The second-order valence-corrected chi connectivity index (χ2v) is 17.6. The van der Waals surface area contributed by atoms with Crippen LogP contribution in [0.5, 0.6) is 0 Å². The van der Waals surface area contributed by atoms with Crippen LogP contribution in [0.4, 0.5) is 11.4 Å². The highest BCUT2D eigenvalue weighted by Crippen LogP contribution is 2.47. The van der Waals surface area contributed by atoms with Crippen LogP contribution in [0.25, 0.3) is 27.1 Å². The summed E-state index contributed by atoms with van der Waals surface area (Å²) in [5.74, 6) is -1.49. The van der Waals surface area contributed by atoms with Gasteiger partial charge in [0.05, 0.1) is 39.5 Å². The minimum absolute atomic E-state index is 0.0598. The number of aromatic nitrogens is 1. The highest BCUT2D eigenvalue weighted by atomic mass is 35.5. The van der Waals surface area contributed by atoms with Gasteiger partial charge < -0.3 is 19.6 Å². The molecule has 0 fully saturated rings. The molecule has 1 unspecified atom stereocenters. The fraction of sp³-hybridized carbons (Fsp3) is 0.235. The number of ether oxygens (including phenoxy) is 1. The Morgan fingerprint density at radius 3 is 2.61 bits per heavy atom. The lowest BCUT2D eigenvalue weighted by atomic mass is 10.1. The Kier molecular flexibility index (Phi) is 11.0. The van der Waals surface area contributed by atoms with Gasteiger partial charge in [0.2, 0.25) is 15.5 Å². The fourth-order valence-corrected chi connectivity index (χ4v) is 9.76. The molecule has 0 saturated carbocycles. The molecule has 0 spiro atoms. The van der Waals surface area contributed by atoms with E-state index < -0.39 is 37.9 Å². The number of thiazole rings is 1. The summed E-state index contributed by atoms with van der Waals surface area (Å²) in [5.41, 5.74) is 1.98. The average molecular weight is 790 g/mol. The molecule has 5 aromatic rings. The Labute approximate surface area is 308 Å². The number of halogens is 1. The van der Waals surface area contributed by atoms with Gasteiger partial charge in [-0.25, -0.2) is 13.2 Å². The van der Waals surface area contributed by atoms with Gasteiger partial charge >= 0.3 is 5.97 Å². The monoisotopic (exact) mass is 789 g/mol. The van der Waals surface area contributed by atoms with E-state index in [0.717, 1.165) is 30.9 Å². The molecule has 6 rings (SSSR count). The summed E-state index contributed by atoms with van der Waals surface area (Å²) < 4.78 is 71.1. The molecule has 1 aromatic heterocycles. The van der Waals surface area contributed by atoms with Crippen molar-refractivity contribution in [1.82, 2.24) is 4.72 Å². The van der Waals surface area contributed by atoms with Gasteiger partial charge in [-0.15, -0.1) is 0 Å². The summed E-state index contributed by atoms with van der Waals surface area (Å²) >= 11 is 9.36. The maximum absolute atomic E-state index is 13.7. The largest absolute Gasteiger partial charge is 0.480 e. The topological polar surface area (TPSA) is 157 Å². The van der Waals surface area contributed by atoms with E-state index in [4.69, 9.17) is 16.3 Å². The molecule has 0 radical (unpaired) electrons. The van der Waals surface area contributed by atoms with Crippen molar-refractivity contribution in [3.63, 3.8) is 0 Å². The van der Waals surface area contributed by atoms with Gasteiger partial charge in [0.1, 0.15) is 17.5 Å². The first kappa shape index (κ1) is 37.0. The van der Waals surface area contributed by atoms with Crippen LogP contribution in [-0.2, 0) is 36.2 Å². The fourth-order valence-electron chi connectivity index (χ4n) is 5.80. The first-order valence-electron chi connectivity index (χ1n) is 15.6. The molecule has 17 heteroatoms. The van der Waals surface area contributed by atoms with E-state index in [2.05, 4.69) is 4.72 Å². The third-order valence-corrected chi connectivity index (χ3v) is 12.9. The average Bonchev–Trinajstić information content (AvgIpc) is 3.62. The molecule has 0 saturated heterocycles. The van der Waals surface area contributed by atoms with Crippen LogP contribution >= 0.6 is 34.7 Å². The lowest BCUT2D eigenvalue weighted by Crippen LogP contribution is -2.40. The van der Waals surface area contributed by atoms with Crippen molar-refractivity contribution >= 4 is 99.3 Å². The van der Waals surface area contributed by atoms with Gasteiger partial charge in [-0.05, 0) is 60.8 Å². The van der Waals surface area contributed by atoms with Gasteiger partial charge in [0.15, 0.2) is 6.54 Å². The number of thioether (sulfide) groups is 1. The number of rotatable bonds is 14. The predicted molar refractivity (Wildman–Crippen MR) is 201 cm³/mol. The van der Waals surface area contributed by atoms with Crippen LogP contribution in [0.3, 0.4) is 0 Å². The summed E-state index contributed by atoms with van der Waals surface area (Å²) in [6, 6.07) is 22.3. The number of nitrogens with zero attached hydrogens (tertiary/aromatic N) is 3. The number of methoxy groups -OCH3 is 1. The highest BCUT2D eigenvalue weighted by molar-refractivity contribution is 8.04. The standard InChI is InChI=1S/C34H33ClN4O8S4/c1-22(34(40)41)39(21-47-2)25-8-5-9-26(18-25)51(45,46)36-20-38-28-17-24(35)12-14-29(28)48-32(38)19-31-37(15-6-16-50(42,43)44)33-27-10-4-3-7-23(27)11-13-30(33)49-31/h3-5,7-14,17-19,22,36H,6,15-16,20-21H2,1-2H3,(H-,40,41,42,43,44)/p+1. The first-order valence-corrected chi connectivity index (χ1v) is 20.7. The van der Waals surface area contributed by atoms with Crippen molar-refractivity contribution < 1.29 is 40.6 Å². The van der Waals surface area contributed by atoms with E-state index in [0.29, 0.717) is 28.0 Å². The normalized spacial score (nSPS) is 14.7. The zero-order valence-corrected chi connectivity index (χ0v) is 31.4. The minimum atomic E-state index is -4.17. The number of carboxylic acid groups (broad SMARTS) is 1. The molecule has 0 amide bonds. The number of hydrogen-bond donors (Lipinski definition) is 3. The molecule has 268 valence electrons. The minimum Gasteiger partial charge on any atom is -0.480 e. The van der Waals surface area contributed by atoms with Crippen molar-refractivity contribution in [3.05, 3.63) is 93.9 Å². The van der Waals surface area contributed by atoms with Crippen LogP contribution in [0.15, 0.2) is 93.7 Å². The molecule has 1 aliphatic heterocycles. The number of benzene rings is 4. The van der Waals surface area contributed by atoms with Gasteiger partial charge in [-0.1, -0.05) is 65.0 Å². The maximum Gasteiger partial charge on any atom is 0.326 e. The Balaban J connectivity index is 1.37. The maximum atomic E-state index is 13.7. The summed E-state index contributed by atoms with van der Waals surface area (Å²) in [7, 11) is -6.86. The molecule has 1 atom stereocenters. The molecule has 3 N–H and O–H groups in total. The number of hydrogen-bond acceptors (Lipinski definition) is 10. The Morgan fingerprint density at radius 2 is 1.86 bits per heavy atom. The summed E-state index contributed by atoms with van der Waals surface area (Å²) in [6.45, 7) is 1.56. The van der Waals surface area contributed by atoms with Crippen molar-refractivity contribution in [2.75, 3.05) is 36.1 Å². The molecule has 1 aliphatic rings. The smallest absolute Gasteiger partial charge is 0.326 e. The van der Waals surface area contributed by atoms with E-state index in [1.165, 1.54) is 54.2 Å². The Bertz CT molecular complexity index is 2380. The van der Waals surface area contributed by atoms with Crippen molar-refractivity contribution in [3.8, 4) is 0 Å². The molecule has 2 heterocycles. The third-order valence-electron chi connectivity index (χ3n) is 8.30. The lowest BCUT2D eigenvalue weighted by molar-refractivity contribution is -0.667. The number of carbonyl (C=O) groups is 1. The summed E-state index contributed by atoms with van der Waals surface area (Å²) in [5, 5.41) is 13.6. The lowest BCUT2D eigenvalue weighted by Gasteiger charge is -2.28. The first-order chi connectivity index (χ1) is 24.3. The number of aliphatic carboxylic acids is 1. The van der Waals surface area contributed by atoms with Crippen molar-refractivity contribution in [2.24, 2.45) is 0 Å². The Morgan fingerprint density at radius 1 is 1.08 bits per heavy atom. The van der Waals surface area contributed by atoms with Crippen LogP contribution in [-0.4, -0.2) is 64.8 Å². The van der Waals surface area contributed by atoms with Crippen molar-refractivity contribution in [1.29, 1.82) is 0 Å². The van der Waals surface area contributed by atoms with E-state index in [-0.39, 0.29) is 24.7 Å². The number of nitrogens with one attached hydrogen (secondary N) is 1. The zero-order valence-electron chi connectivity index (χ0n) is 27.4. The van der Waals surface area contributed by atoms with E-state index in [1.807, 2.05) is 58.0 Å². The molecule has 12 nitrogen and oxygen atoms in total. The van der Waals surface area contributed by atoms with Gasteiger partial charge in [0.25, 0.3) is 15.1 Å². The van der Waals surface area contributed by atoms with E-state index in [9.17, 15) is 31.3 Å². The van der Waals surface area contributed by atoms with Gasteiger partial charge in [-0.3, -0.25) is 4.55 Å². The quantitative estimate of drug-likeness (QED) is 0.0689. The second-order valence-electron chi connectivity index (χ2n) is 11.7. The summed E-state index contributed by atoms with van der Waals surface area (Å²) in [4.78, 5) is 15.8. The van der Waals surface area contributed by atoms with Crippen LogP contribution in [0.1, 0.15) is 18.4 Å². The molecule has 4 aromatic carbocycles. The SMILES string of the molecule is COCN(c1cccc(S(=O)(=O)NCN2C(=Cc3sc4ccc5ccccc5c4[n+]3CCCS(=O)(=O)O)Sc3ccc(Cl)cc32)c1)C(C)C(=O)O. The second kappa shape index (κ2) is 15.1. The number of fused-ring (bicyclic) bond motifs is 4. The molecule has 51 heavy (non-hydrogen) atoms. The van der Waals surface area contributed by atoms with Crippen LogP contribution in [0, 0.1) is 0 Å². The molecule has 0 bridgehead atoms. The van der Waals surface area contributed by atoms with Crippen molar-refractivity contribution in [2.45, 2.75) is 35.7 Å². The van der Waals surface area contributed by atoms with Gasteiger partial charge in [0, 0.05) is 29.1 Å². The number of sulfonamides is 1. The Hall–Kier alpha value is -3.74. The number of aryl methyl sites for hydroxylation is 1. The number of carboxylic acids is 1. The predicted octanol–water partition coefficient (Wildman–Crippen LogP) is 6.00. The summed E-state index contributed by atoms with van der Waals surface area (Å²) in [6.07, 6.45) is 2.11. The third kappa shape index (κ3) is 8.18. The highest BCUT2D eigenvalue weighted by Gasteiger charge is 2.31. The molecule has 0 aliphatic carbocycles. The van der Waals surface area contributed by atoms with Crippen LogP contribution in [0.2, 0.25) is 5.02 Å².